The van der Waals surface area contributed by atoms with Crippen molar-refractivity contribution in [3.8, 4) is 0 Å². The third-order valence-electron chi connectivity index (χ3n) is 3.15. The minimum absolute atomic E-state index is 0.529. The SMILES string of the molecule is Cc1cnc(N2CCCCC2CCN)nc1. The van der Waals surface area contributed by atoms with Crippen LogP contribution < -0.4 is 10.6 Å². The van der Waals surface area contributed by atoms with E-state index in [1.165, 1.54) is 19.3 Å². The lowest BCUT2D eigenvalue weighted by atomic mass is 10.00. The van der Waals surface area contributed by atoms with Gasteiger partial charge < -0.3 is 10.6 Å². The van der Waals surface area contributed by atoms with Crippen molar-refractivity contribution in [1.82, 2.24) is 9.97 Å². The molecule has 0 aromatic carbocycles. The second-order valence-electron chi connectivity index (χ2n) is 4.48. The molecule has 1 atom stereocenters. The van der Waals surface area contributed by atoms with E-state index < -0.39 is 0 Å². The number of nitrogens with two attached hydrogens (primary N) is 1. The Labute approximate surface area is 96.9 Å². The van der Waals surface area contributed by atoms with E-state index in [0.717, 1.165) is 31.0 Å². The first-order valence-corrected chi connectivity index (χ1v) is 6.06. The first-order chi connectivity index (χ1) is 7.81. The van der Waals surface area contributed by atoms with E-state index >= 15 is 0 Å². The Hall–Kier alpha value is -1.16. The van der Waals surface area contributed by atoms with Gasteiger partial charge in [-0.25, -0.2) is 9.97 Å². The van der Waals surface area contributed by atoms with Gasteiger partial charge in [-0.2, -0.15) is 0 Å². The van der Waals surface area contributed by atoms with Gasteiger partial charge in [-0.05, 0) is 44.7 Å². The molecule has 1 saturated heterocycles. The van der Waals surface area contributed by atoms with Crippen molar-refractivity contribution in [2.45, 2.75) is 38.6 Å². The first-order valence-electron chi connectivity index (χ1n) is 6.06. The quantitative estimate of drug-likeness (QED) is 0.838. The van der Waals surface area contributed by atoms with Gasteiger partial charge in [-0.1, -0.05) is 0 Å². The molecule has 0 aliphatic carbocycles. The zero-order valence-corrected chi connectivity index (χ0v) is 9.89. The fraction of sp³-hybridized carbons (Fsp3) is 0.667. The van der Waals surface area contributed by atoms with E-state index in [0.29, 0.717) is 6.04 Å². The maximum Gasteiger partial charge on any atom is 0.225 e. The van der Waals surface area contributed by atoms with E-state index in [2.05, 4.69) is 14.9 Å². The average molecular weight is 220 g/mol. The standard InChI is InChI=1S/C12H20N4/c1-10-8-14-12(15-9-10)16-7-3-2-4-11(16)5-6-13/h8-9,11H,2-7,13H2,1H3. The number of aryl methyl sites for hydroxylation is 1. The summed E-state index contributed by atoms with van der Waals surface area (Å²) in [6.07, 6.45) is 8.56. The summed E-state index contributed by atoms with van der Waals surface area (Å²) < 4.78 is 0. The Balaban J connectivity index is 2.13. The number of nitrogens with zero attached hydrogens (tertiary/aromatic N) is 3. The van der Waals surface area contributed by atoms with Crippen molar-refractivity contribution in [2.24, 2.45) is 5.73 Å². The van der Waals surface area contributed by atoms with Crippen molar-refractivity contribution in [3.63, 3.8) is 0 Å². The number of piperidine rings is 1. The summed E-state index contributed by atoms with van der Waals surface area (Å²) in [5.74, 6) is 0.865. The topological polar surface area (TPSA) is 55.0 Å². The van der Waals surface area contributed by atoms with E-state index in [9.17, 15) is 0 Å². The number of hydrogen-bond donors (Lipinski definition) is 1. The predicted molar refractivity (Wildman–Crippen MR) is 65.4 cm³/mol. The van der Waals surface area contributed by atoms with E-state index in [-0.39, 0.29) is 0 Å². The summed E-state index contributed by atoms with van der Waals surface area (Å²) in [4.78, 5) is 11.1. The van der Waals surface area contributed by atoms with Gasteiger partial charge in [0.1, 0.15) is 0 Å². The third kappa shape index (κ3) is 2.50. The van der Waals surface area contributed by atoms with Crippen LogP contribution in [0.4, 0.5) is 5.95 Å². The first kappa shape index (κ1) is 11.3. The van der Waals surface area contributed by atoms with E-state index in [1.807, 2.05) is 19.3 Å². The molecular weight excluding hydrogens is 200 g/mol. The molecule has 1 aromatic heterocycles. The lowest BCUT2D eigenvalue weighted by Gasteiger charge is -2.35. The summed E-state index contributed by atoms with van der Waals surface area (Å²) in [5, 5.41) is 0. The molecule has 1 aromatic rings. The van der Waals surface area contributed by atoms with Gasteiger partial charge in [0.25, 0.3) is 0 Å². The van der Waals surface area contributed by atoms with E-state index in [1.54, 1.807) is 0 Å². The van der Waals surface area contributed by atoms with Crippen molar-refractivity contribution < 1.29 is 0 Å². The normalized spacial score (nSPS) is 21.1. The van der Waals surface area contributed by atoms with Gasteiger partial charge >= 0.3 is 0 Å². The van der Waals surface area contributed by atoms with E-state index in [4.69, 9.17) is 5.73 Å². The van der Waals surface area contributed by atoms with Crippen LogP contribution in [-0.2, 0) is 0 Å². The molecule has 0 radical (unpaired) electrons. The Morgan fingerprint density at radius 3 is 2.81 bits per heavy atom. The Morgan fingerprint density at radius 2 is 2.12 bits per heavy atom. The van der Waals surface area contributed by atoms with Crippen LogP contribution in [0.1, 0.15) is 31.2 Å². The average Bonchev–Trinajstić information content (AvgIpc) is 2.32. The molecule has 88 valence electrons. The van der Waals surface area contributed by atoms with Gasteiger partial charge in [0.15, 0.2) is 0 Å². The fourth-order valence-electron chi connectivity index (χ4n) is 2.29. The Bertz CT molecular complexity index is 320. The molecule has 2 N–H and O–H groups in total. The number of aromatic nitrogens is 2. The minimum Gasteiger partial charge on any atom is -0.338 e. The Morgan fingerprint density at radius 1 is 1.38 bits per heavy atom. The summed E-state index contributed by atoms with van der Waals surface area (Å²) in [6, 6.07) is 0.529. The predicted octanol–water partition coefficient (Wildman–Crippen LogP) is 1.49. The Kier molecular flexibility index (Phi) is 3.72. The molecule has 2 heterocycles. The second-order valence-corrected chi connectivity index (χ2v) is 4.48. The number of anilines is 1. The van der Waals surface area contributed by atoms with Gasteiger partial charge in [0.2, 0.25) is 5.95 Å². The lowest BCUT2D eigenvalue weighted by Crippen LogP contribution is -2.41. The molecule has 1 aliphatic heterocycles. The summed E-state index contributed by atoms with van der Waals surface area (Å²) >= 11 is 0. The van der Waals surface area contributed by atoms with Crippen LogP contribution in [0.25, 0.3) is 0 Å². The maximum absolute atomic E-state index is 5.66. The van der Waals surface area contributed by atoms with Crippen LogP contribution in [0.5, 0.6) is 0 Å². The second kappa shape index (κ2) is 5.25. The zero-order chi connectivity index (χ0) is 11.4. The molecule has 0 saturated carbocycles. The molecular formula is C12H20N4. The van der Waals surface area contributed by atoms with Crippen molar-refractivity contribution in [3.05, 3.63) is 18.0 Å². The monoisotopic (exact) mass is 220 g/mol. The molecule has 1 aliphatic rings. The molecule has 1 fully saturated rings. The van der Waals surface area contributed by atoms with Gasteiger partial charge in [-0.15, -0.1) is 0 Å². The zero-order valence-electron chi connectivity index (χ0n) is 9.89. The van der Waals surface area contributed by atoms with Gasteiger partial charge in [0.05, 0.1) is 0 Å². The van der Waals surface area contributed by atoms with Crippen LogP contribution >= 0.6 is 0 Å². The highest BCUT2D eigenvalue weighted by Gasteiger charge is 2.23. The van der Waals surface area contributed by atoms with Crippen molar-refractivity contribution in [2.75, 3.05) is 18.0 Å². The number of hydrogen-bond acceptors (Lipinski definition) is 4. The minimum atomic E-state index is 0.529. The van der Waals surface area contributed by atoms with Crippen LogP contribution in [0.3, 0.4) is 0 Å². The maximum atomic E-state index is 5.66. The molecule has 0 amide bonds. The largest absolute Gasteiger partial charge is 0.338 e. The van der Waals surface area contributed by atoms with Gasteiger partial charge in [-0.3, -0.25) is 0 Å². The smallest absolute Gasteiger partial charge is 0.225 e. The summed E-state index contributed by atoms with van der Waals surface area (Å²) in [7, 11) is 0. The molecule has 16 heavy (non-hydrogen) atoms. The van der Waals surface area contributed by atoms with Crippen molar-refractivity contribution in [1.29, 1.82) is 0 Å². The number of rotatable bonds is 3. The van der Waals surface area contributed by atoms with Crippen LogP contribution in [-0.4, -0.2) is 29.1 Å². The molecule has 4 heteroatoms. The highest BCUT2D eigenvalue weighted by Crippen LogP contribution is 2.23. The highest BCUT2D eigenvalue weighted by molar-refractivity contribution is 5.32. The summed E-state index contributed by atoms with van der Waals surface area (Å²) in [6.45, 7) is 3.82. The molecule has 0 spiro atoms. The van der Waals surface area contributed by atoms with Crippen LogP contribution in [0.15, 0.2) is 12.4 Å². The summed E-state index contributed by atoms with van der Waals surface area (Å²) in [5.41, 5.74) is 6.76. The molecule has 0 bridgehead atoms. The molecule has 1 unspecified atom stereocenters. The van der Waals surface area contributed by atoms with Gasteiger partial charge in [0, 0.05) is 25.0 Å². The lowest BCUT2D eigenvalue weighted by molar-refractivity contribution is 0.435. The highest BCUT2D eigenvalue weighted by atomic mass is 15.3. The van der Waals surface area contributed by atoms with Crippen molar-refractivity contribution >= 4 is 5.95 Å². The van der Waals surface area contributed by atoms with Crippen LogP contribution in [0, 0.1) is 6.92 Å². The van der Waals surface area contributed by atoms with Crippen LogP contribution in [0.2, 0.25) is 0 Å². The third-order valence-corrected chi connectivity index (χ3v) is 3.15. The molecule has 2 rings (SSSR count). The molecule has 4 nitrogen and oxygen atoms in total. The fourth-order valence-corrected chi connectivity index (χ4v) is 2.29.